The number of ketones is 1. The molecule has 2 aliphatic heterocycles. The van der Waals surface area contributed by atoms with E-state index in [9.17, 15) is 14.7 Å². The summed E-state index contributed by atoms with van der Waals surface area (Å²) in [5, 5.41) is 13.7. The molecule has 9 heteroatoms. The van der Waals surface area contributed by atoms with Crippen LogP contribution in [-0.4, -0.2) is 35.0 Å². The third kappa shape index (κ3) is 3.34. The van der Waals surface area contributed by atoms with Crippen molar-refractivity contribution in [1.82, 2.24) is 4.98 Å². The van der Waals surface area contributed by atoms with Crippen LogP contribution in [0.3, 0.4) is 0 Å². The highest BCUT2D eigenvalue weighted by Gasteiger charge is 2.48. The van der Waals surface area contributed by atoms with Crippen molar-refractivity contribution < 1.29 is 24.2 Å². The second-order valence-corrected chi connectivity index (χ2v) is 8.21. The van der Waals surface area contributed by atoms with Crippen molar-refractivity contribution in [2.45, 2.75) is 6.04 Å². The molecular weight excluding hydrogens is 440 g/mol. The van der Waals surface area contributed by atoms with Crippen molar-refractivity contribution in [3.63, 3.8) is 0 Å². The van der Waals surface area contributed by atoms with E-state index in [1.54, 1.807) is 54.0 Å². The number of aliphatic hydroxyl groups excluding tert-OH is 1. The van der Waals surface area contributed by atoms with Crippen molar-refractivity contribution in [3.8, 4) is 11.5 Å². The number of aliphatic hydroxyl groups is 1. The number of amides is 1. The first kappa shape index (κ1) is 19.6. The van der Waals surface area contributed by atoms with Gasteiger partial charge in [0.2, 0.25) is 0 Å². The summed E-state index contributed by atoms with van der Waals surface area (Å²) in [4.78, 5) is 31.5. The molecule has 2 aromatic carbocycles. The van der Waals surface area contributed by atoms with Crippen LogP contribution in [0, 0.1) is 0 Å². The zero-order chi connectivity index (χ0) is 21.5. The van der Waals surface area contributed by atoms with Gasteiger partial charge in [0.05, 0.1) is 11.6 Å². The predicted molar refractivity (Wildman–Crippen MR) is 116 cm³/mol. The Hall–Kier alpha value is -3.36. The standard InChI is InChI=1S/C22H15ClN2O5S/c23-14-3-1-2-12(10-14)18-17(20(27)21(28)25(18)22-24-6-9-31-22)19(26)13-4-5-15-16(11-13)30-8-7-29-15/h1-6,9-11,18,26H,7-8H2/b19-17-. The van der Waals surface area contributed by atoms with Crippen molar-refractivity contribution >= 4 is 45.5 Å². The molecule has 0 bridgehead atoms. The van der Waals surface area contributed by atoms with E-state index in [0.29, 0.717) is 46.0 Å². The van der Waals surface area contributed by atoms with Crippen LogP contribution < -0.4 is 14.4 Å². The maximum atomic E-state index is 13.1. The number of carbonyl (C=O) groups excluding carboxylic acids is 2. The van der Waals surface area contributed by atoms with Gasteiger partial charge in [-0.2, -0.15) is 0 Å². The van der Waals surface area contributed by atoms with Crippen molar-refractivity contribution in [2.75, 3.05) is 18.1 Å². The fourth-order valence-corrected chi connectivity index (χ4v) is 4.57. The van der Waals surface area contributed by atoms with E-state index in [2.05, 4.69) is 4.98 Å². The molecule has 1 aromatic heterocycles. The number of halogens is 1. The van der Waals surface area contributed by atoms with E-state index >= 15 is 0 Å². The third-order valence-corrected chi connectivity index (χ3v) is 6.06. The van der Waals surface area contributed by atoms with Gasteiger partial charge in [-0.15, -0.1) is 11.3 Å². The minimum atomic E-state index is -0.877. The number of carbonyl (C=O) groups is 2. The fraction of sp³-hybridized carbons (Fsp3) is 0.136. The highest BCUT2D eigenvalue weighted by atomic mass is 35.5. The lowest BCUT2D eigenvalue weighted by Gasteiger charge is -2.23. The maximum Gasteiger partial charge on any atom is 0.301 e. The number of thiazole rings is 1. The van der Waals surface area contributed by atoms with Gasteiger partial charge in [0.15, 0.2) is 16.6 Å². The van der Waals surface area contributed by atoms with Crippen molar-refractivity contribution in [1.29, 1.82) is 0 Å². The van der Waals surface area contributed by atoms with Crippen molar-refractivity contribution in [2.24, 2.45) is 0 Å². The summed E-state index contributed by atoms with van der Waals surface area (Å²) in [6.45, 7) is 0.820. The van der Waals surface area contributed by atoms with Crippen LogP contribution in [0.5, 0.6) is 11.5 Å². The Morgan fingerprint density at radius 2 is 1.94 bits per heavy atom. The molecule has 156 valence electrons. The lowest BCUT2D eigenvalue weighted by Crippen LogP contribution is -2.29. The lowest BCUT2D eigenvalue weighted by atomic mass is 9.95. The number of ether oxygens (including phenoxy) is 2. The van der Waals surface area contributed by atoms with E-state index in [1.165, 1.54) is 16.2 Å². The summed E-state index contributed by atoms with van der Waals surface area (Å²) in [6, 6.07) is 10.8. The van der Waals surface area contributed by atoms with Crippen LogP contribution in [0.15, 0.2) is 59.6 Å². The first-order chi connectivity index (χ1) is 15.0. The Bertz CT molecular complexity index is 1220. The maximum absolute atomic E-state index is 13.1. The van der Waals surface area contributed by atoms with Crippen LogP contribution in [-0.2, 0) is 9.59 Å². The number of hydrogen-bond donors (Lipinski definition) is 1. The van der Waals surface area contributed by atoms with Gasteiger partial charge in [-0.1, -0.05) is 23.7 Å². The average Bonchev–Trinajstić information content (AvgIpc) is 3.40. The smallest absolute Gasteiger partial charge is 0.301 e. The molecule has 31 heavy (non-hydrogen) atoms. The van der Waals surface area contributed by atoms with Crippen LogP contribution in [0.25, 0.3) is 5.76 Å². The zero-order valence-corrected chi connectivity index (χ0v) is 17.5. The second kappa shape index (κ2) is 7.72. The van der Waals surface area contributed by atoms with Gasteiger partial charge in [0.25, 0.3) is 5.78 Å². The van der Waals surface area contributed by atoms with Gasteiger partial charge >= 0.3 is 5.91 Å². The number of anilines is 1. The SMILES string of the molecule is O=C1C(=O)N(c2nccs2)C(c2cccc(Cl)c2)/C1=C(/O)c1ccc2c(c1)OCCO2. The molecule has 1 N–H and O–H groups in total. The number of Topliss-reactive ketones (excluding diaryl/α,β-unsaturated/α-hetero) is 1. The molecule has 1 amide bonds. The fourth-order valence-electron chi connectivity index (χ4n) is 3.70. The van der Waals surface area contributed by atoms with Gasteiger partial charge in [-0.25, -0.2) is 4.98 Å². The van der Waals surface area contributed by atoms with E-state index in [4.69, 9.17) is 21.1 Å². The molecule has 3 heterocycles. The van der Waals surface area contributed by atoms with E-state index in [0.717, 1.165) is 0 Å². The van der Waals surface area contributed by atoms with Crippen LogP contribution in [0.2, 0.25) is 5.02 Å². The summed E-state index contributed by atoms with van der Waals surface area (Å²) in [7, 11) is 0. The number of benzene rings is 2. The molecule has 5 rings (SSSR count). The molecule has 7 nitrogen and oxygen atoms in total. The van der Waals surface area contributed by atoms with Gasteiger partial charge < -0.3 is 14.6 Å². The predicted octanol–water partition coefficient (Wildman–Crippen LogP) is 4.19. The largest absolute Gasteiger partial charge is 0.507 e. The molecule has 1 atom stereocenters. The number of nitrogens with zero attached hydrogens (tertiary/aromatic N) is 2. The minimum absolute atomic E-state index is 0.0425. The Balaban J connectivity index is 1.69. The molecule has 2 aliphatic rings. The summed E-state index contributed by atoms with van der Waals surface area (Å²) in [6.07, 6.45) is 1.55. The Morgan fingerprint density at radius 1 is 1.13 bits per heavy atom. The Labute approximate surface area is 186 Å². The average molecular weight is 455 g/mol. The number of aromatic nitrogens is 1. The van der Waals surface area contributed by atoms with Crippen LogP contribution >= 0.6 is 22.9 Å². The summed E-state index contributed by atoms with van der Waals surface area (Å²) >= 11 is 7.41. The zero-order valence-electron chi connectivity index (χ0n) is 15.9. The number of fused-ring (bicyclic) bond motifs is 1. The molecule has 0 radical (unpaired) electrons. The molecule has 0 aliphatic carbocycles. The van der Waals surface area contributed by atoms with E-state index in [1.807, 2.05) is 0 Å². The molecule has 0 saturated carbocycles. The second-order valence-electron chi connectivity index (χ2n) is 6.90. The molecule has 0 spiro atoms. The van der Waals surface area contributed by atoms with E-state index in [-0.39, 0.29) is 11.3 Å². The summed E-state index contributed by atoms with van der Waals surface area (Å²) in [5.41, 5.74) is 0.883. The monoisotopic (exact) mass is 454 g/mol. The van der Waals surface area contributed by atoms with Gasteiger partial charge in [-0.05, 0) is 35.9 Å². The topological polar surface area (TPSA) is 89.0 Å². The van der Waals surface area contributed by atoms with E-state index < -0.39 is 17.7 Å². The Morgan fingerprint density at radius 3 is 2.68 bits per heavy atom. The molecule has 3 aromatic rings. The van der Waals surface area contributed by atoms with Crippen LogP contribution in [0.1, 0.15) is 17.2 Å². The third-order valence-electron chi connectivity index (χ3n) is 5.05. The van der Waals surface area contributed by atoms with Crippen molar-refractivity contribution in [3.05, 3.63) is 75.8 Å². The Kier molecular flexibility index (Phi) is 4.88. The highest BCUT2D eigenvalue weighted by molar-refractivity contribution is 7.14. The first-order valence-corrected chi connectivity index (χ1v) is 10.7. The highest BCUT2D eigenvalue weighted by Crippen LogP contribution is 2.44. The normalized spacial score (nSPS) is 19.6. The molecule has 1 saturated heterocycles. The number of hydrogen-bond acceptors (Lipinski definition) is 7. The summed E-state index contributed by atoms with van der Waals surface area (Å²) in [5.74, 6) is -0.855. The molecule has 1 fully saturated rings. The summed E-state index contributed by atoms with van der Waals surface area (Å²) < 4.78 is 11.1. The van der Waals surface area contributed by atoms with Gasteiger partial charge in [0, 0.05) is 22.2 Å². The minimum Gasteiger partial charge on any atom is -0.507 e. The first-order valence-electron chi connectivity index (χ1n) is 9.40. The molecular formula is C22H15ClN2O5S. The van der Waals surface area contributed by atoms with Gasteiger partial charge in [-0.3, -0.25) is 14.5 Å². The quantitative estimate of drug-likeness (QED) is 0.362. The number of rotatable bonds is 3. The lowest BCUT2D eigenvalue weighted by molar-refractivity contribution is -0.132. The van der Waals surface area contributed by atoms with Crippen LogP contribution in [0.4, 0.5) is 5.13 Å². The van der Waals surface area contributed by atoms with Gasteiger partial charge in [0.1, 0.15) is 19.0 Å². The molecule has 1 unspecified atom stereocenters.